The van der Waals surface area contributed by atoms with Gasteiger partial charge in [0, 0.05) is 33.5 Å². The van der Waals surface area contributed by atoms with Crippen molar-refractivity contribution >= 4 is 39.0 Å². The van der Waals surface area contributed by atoms with E-state index in [9.17, 15) is 23.6 Å². The molecule has 244 valence electrons. The number of halogens is 2. The summed E-state index contributed by atoms with van der Waals surface area (Å²) in [7, 11) is -3.87. The van der Waals surface area contributed by atoms with Gasteiger partial charge in [-0.2, -0.15) is 5.26 Å². The van der Waals surface area contributed by atoms with Crippen LogP contribution in [-0.2, 0) is 14.6 Å². The lowest BCUT2D eigenvalue weighted by Crippen LogP contribution is -2.62. The molecule has 7 nitrogen and oxygen atoms in total. The Morgan fingerprint density at radius 2 is 1.66 bits per heavy atom. The van der Waals surface area contributed by atoms with Gasteiger partial charge >= 0.3 is 5.97 Å². The van der Waals surface area contributed by atoms with Crippen molar-refractivity contribution in [3.63, 3.8) is 0 Å². The molecular formula is C37H36Cl2N2O5S. The largest absolute Gasteiger partial charge is 0.481 e. The number of carboxylic acid groups (broad SMARTS) is 1. The standard InChI is InChI=1S/C37H36Cl2N2O5S/c1-3-30(24-47(44,45)32-18-12-25(23-40)13-19-32)41-35(26-14-16-28(38)17-15-26)33(27-8-7-9-29(39)20-27)21-37(2,22-34(42)43)36(41)46-31-10-5-4-6-11-31/h4-20,30,33,35-36H,3,21-22,24H2,1-2H3,(H,42,43). The van der Waals surface area contributed by atoms with Crippen LogP contribution in [0.5, 0.6) is 5.75 Å². The number of nitriles is 1. The number of likely N-dealkylation sites (tertiary alicyclic amines) is 1. The molecule has 1 fully saturated rings. The van der Waals surface area contributed by atoms with Crippen LogP contribution in [0.1, 0.15) is 61.8 Å². The second kappa shape index (κ2) is 14.5. The number of sulfone groups is 1. The molecule has 10 heteroatoms. The first kappa shape index (κ1) is 34.5. The van der Waals surface area contributed by atoms with E-state index in [0.717, 1.165) is 11.1 Å². The van der Waals surface area contributed by atoms with Crippen LogP contribution in [0.4, 0.5) is 0 Å². The Morgan fingerprint density at radius 1 is 0.979 bits per heavy atom. The summed E-state index contributed by atoms with van der Waals surface area (Å²) in [5.74, 6) is -0.997. The zero-order valence-electron chi connectivity index (χ0n) is 26.1. The van der Waals surface area contributed by atoms with Gasteiger partial charge in [0.2, 0.25) is 0 Å². The van der Waals surface area contributed by atoms with E-state index in [1.165, 1.54) is 24.3 Å². The average molecular weight is 692 g/mol. The normalized spacial score (nSPS) is 22.2. The molecule has 0 bridgehead atoms. The molecule has 5 unspecified atom stereocenters. The van der Waals surface area contributed by atoms with Crippen LogP contribution in [-0.4, -0.2) is 42.4 Å². The van der Waals surface area contributed by atoms with E-state index in [1.54, 1.807) is 18.2 Å². The van der Waals surface area contributed by atoms with Gasteiger partial charge in [0.15, 0.2) is 16.1 Å². The van der Waals surface area contributed by atoms with E-state index in [-0.39, 0.29) is 23.0 Å². The van der Waals surface area contributed by atoms with Gasteiger partial charge in [0.05, 0.1) is 28.7 Å². The number of hydrogen-bond donors (Lipinski definition) is 1. The quantitative estimate of drug-likeness (QED) is 0.168. The van der Waals surface area contributed by atoms with Gasteiger partial charge in [0.1, 0.15) is 5.75 Å². The maximum absolute atomic E-state index is 14.1. The highest BCUT2D eigenvalue weighted by molar-refractivity contribution is 7.91. The van der Waals surface area contributed by atoms with Crippen LogP contribution >= 0.6 is 23.2 Å². The van der Waals surface area contributed by atoms with Crippen molar-refractivity contribution in [2.75, 3.05) is 5.75 Å². The Hall–Kier alpha value is -3.87. The highest BCUT2D eigenvalue weighted by atomic mass is 35.5. The van der Waals surface area contributed by atoms with Crippen LogP contribution < -0.4 is 4.74 Å². The van der Waals surface area contributed by atoms with Crippen molar-refractivity contribution in [3.05, 3.63) is 130 Å². The lowest BCUT2D eigenvalue weighted by atomic mass is 9.66. The van der Waals surface area contributed by atoms with E-state index >= 15 is 0 Å². The molecule has 0 aromatic heterocycles. The first-order chi connectivity index (χ1) is 22.4. The van der Waals surface area contributed by atoms with Crippen molar-refractivity contribution in [3.8, 4) is 11.8 Å². The van der Waals surface area contributed by atoms with Gasteiger partial charge in [-0.1, -0.05) is 79.5 Å². The summed E-state index contributed by atoms with van der Waals surface area (Å²) in [6, 6.07) is 31.0. The molecule has 1 aliphatic heterocycles. The van der Waals surface area contributed by atoms with E-state index in [1.807, 2.05) is 80.6 Å². The topological polar surface area (TPSA) is 108 Å². The van der Waals surface area contributed by atoms with Crippen LogP contribution in [0, 0.1) is 16.7 Å². The number of para-hydroxylation sites is 1. The molecule has 1 heterocycles. The number of aliphatic carboxylic acids is 1. The first-order valence-corrected chi connectivity index (χ1v) is 17.8. The predicted octanol–water partition coefficient (Wildman–Crippen LogP) is 8.53. The van der Waals surface area contributed by atoms with Crippen LogP contribution in [0.3, 0.4) is 0 Å². The summed E-state index contributed by atoms with van der Waals surface area (Å²) < 4.78 is 34.9. The van der Waals surface area contributed by atoms with E-state index in [4.69, 9.17) is 27.9 Å². The molecule has 0 saturated carbocycles. The predicted molar refractivity (Wildman–Crippen MR) is 183 cm³/mol. The van der Waals surface area contributed by atoms with E-state index in [2.05, 4.69) is 4.90 Å². The lowest BCUT2D eigenvalue weighted by Gasteiger charge is -2.56. The Balaban J connectivity index is 1.74. The smallest absolute Gasteiger partial charge is 0.304 e. The number of hydrogen-bond acceptors (Lipinski definition) is 6. The number of rotatable bonds is 11. The molecule has 0 aliphatic carbocycles. The molecule has 4 aromatic carbocycles. The minimum absolute atomic E-state index is 0.107. The number of piperidine rings is 1. The highest BCUT2D eigenvalue weighted by Crippen LogP contribution is 2.55. The number of benzene rings is 4. The average Bonchev–Trinajstić information content (AvgIpc) is 3.05. The number of carbonyl (C=O) groups is 1. The zero-order valence-corrected chi connectivity index (χ0v) is 28.4. The summed E-state index contributed by atoms with van der Waals surface area (Å²) >= 11 is 12.9. The molecule has 5 rings (SSSR count). The number of carboxylic acids is 1. The second-order valence-corrected chi connectivity index (χ2v) is 15.2. The number of nitrogens with zero attached hydrogens (tertiary/aromatic N) is 2. The Bertz CT molecular complexity index is 1850. The summed E-state index contributed by atoms with van der Waals surface area (Å²) in [4.78, 5) is 14.7. The summed E-state index contributed by atoms with van der Waals surface area (Å²) in [5.41, 5.74) is 1.18. The molecule has 1 saturated heterocycles. The van der Waals surface area contributed by atoms with Crippen molar-refractivity contribution in [2.24, 2.45) is 5.41 Å². The van der Waals surface area contributed by atoms with E-state index in [0.29, 0.717) is 34.2 Å². The molecule has 47 heavy (non-hydrogen) atoms. The SMILES string of the molecule is CCC(CS(=O)(=O)c1ccc(C#N)cc1)N1C(c2ccc(Cl)cc2)C(c2cccc(Cl)c2)CC(C)(CC(=O)O)C1Oc1ccccc1. The van der Waals surface area contributed by atoms with Crippen molar-refractivity contribution in [1.82, 2.24) is 4.90 Å². The van der Waals surface area contributed by atoms with Crippen molar-refractivity contribution < 1.29 is 23.1 Å². The number of ether oxygens (including phenoxy) is 1. The lowest BCUT2D eigenvalue weighted by molar-refractivity contribution is -0.166. The van der Waals surface area contributed by atoms with Crippen LogP contribution in [0.2, 0.25) is 10.0 Å². The zero-order chi connectivity index (χ0) is 33.8. The fourth-order valence-electron chi connectivity index (χ4n) is 6.79. The third-order valence-electron chi connectivity index (χ3n) is 8.94. The monoisotopic (exact) mass is 690 g/mol. The molecule has 1 aliphatic rings. The Kier molecular flexibility index (Phi) is 10.6. The molecular weight excluding hydrogens is 655 g/mol. The fraction of sp³-hybridized carbons (Fsp3) is 0.297. The van der Waals surface area contributed by atoms with E-state index < -0.39 is 39.5 Å². The van der Waals surface area contributed by atoms with Crippen LogP contribution in [0.15, 0.2) is 108 Å². The molecule has 0 radical (unpaired) electrons. The van der Waals surface area contributed by atoms with Gasteiger partial charge in [-0.15, -0.1) is 0 Å². The van der Waals surface area contributed by atoms with Gasteiger partial charge in [-0.3, -0.25) is 9.69 Å². The van der Waals surface area contributed by atoms with Crippen molar-refractivity contribution in [1.29, 1.82) is 5.26 Å². The summed E-state index contributed by atoms with van der Waals surface area (Å²) in [6.45, 7) is 3.83. The Morgan fingerprint density at radius 3 is 2.26 bits per heavy atom. The minimum Gasteiger partial charge on any atom is -0.481 e. The highest BCUT2D eigenvalue weighted by Gasteiger charge is 2.55. The Labute approximate surface area is 286 Å². The molecule has 4 aromatic rings. The van der Waals surface area contributed by atoms with Gasteiger partial charge in [0.25, 0.3) is 0 Å². The maximum Gasteiger partial charge on any atom is 0.304 e. The molecule has 1 N–H and O–H groups in total. The van der Waals surface area contributed by atoms with Gasteiger partial charge in [-0.05, 0) is 84.6 Å². The second-order valence-electron chi connectivity index (χ2n) is 12.3. The maximum atomic E-state index is 14.1. The van der Waals surface area contributed by atoms with Crippen LogP contribution in [0.25, 0.3) is 0 Å². The van der Waals surface area contributed by atoms with Gasteiger partial charge < -0.3 is 9.84 Å². The van der Waals surface area contributed by atoms with Crippen molar-refractivity contribution in [2.45, 2.75) is 62.2 Å². The fourth-order valence-corrected chi connectivity index (χ4v) is 8.77. The first-order valence-electron chi connectivity index (χ1n) is 15.4. The minimum atomic E-state index is -3.87. The third-order valence-corrected chi connectivity index (χ3v) is 11.2. The summed E-state index contributed by atoms with van der Waals surface area (Å²) in [6.07, 6.45) is -0.220. The molecule has 0 spiro atoms. The third kappa shape index (κ3) is 7.82. The summed E-state index contributed by atoms with van der Waals surface area (Å²) in [5, 5.41) is 20.6. The molecule has 0 amide bonds. The van der Waals surface area contributed by atoms with Gasteiger partial charge in [-0.25, -0.2) is 8.42 Å². The molecule has 5 atom stereocenters.